The Hall–Kier alpha value is -1.38. The quantitative estimate of drug-likeness (QED) is 0.692. The third kappa shape index (κ3) is 4.29. The summed E-state index contributed by atoms with van der Waals surface area (Å²) in [5.41, 5.74) is 2.93. The Labute approximate surface area is 125 Å². The Morgan fingerprint density at radius 2 is 1.57 bits per heavy atom. The molecule has 8 heteroatoms. The molecular weight excluding hydrogens is 274 g/mol. The molecule has 0 saturated carbocycles. The average molecular weight is 299 g/mol. The lowest BCUT2D eigenvalue weighted by Crippen LogP contribution is -2.59. The number of hydrazine groups is 1. The van der Waals surface area contributed by atoms with Crippen LogP contribution in [0.5, 0.6) is 0 Å². The van der Waals surface area contributed by atoms with Gasteiger partial charge >= 0.3 is 12.0 Å². The molecule has 2 saturated heterocycles. The number of amides is 2. The van der Waals surface area contributed by atoms with E-state index >= 15 is 0 Å². The number of carbonyl (C=O) groups excluding carboxylic acids is 1. The maximum atomic E-state index is 12.2. The Balaban J connectivity index is 1.74. The van der Waals surface area contributed by atoms with Crippen LogP contribution in [0.4, 0.5) is 4.79 Å². The van der Waals surface area contributed by atoms with Crippen molar-refractivity contribution in [2.45, 2.75) is 13.0 Å². The third-order valence-corrected chi connectivity index (χ3v) is 4.26. The zero-order valence-electron chi connectivity index (χ0n) is 12.8. The van der Waals surface area contributed by atoms with Crippen molar-refractivity contribution in [1.29, 1.82) is 0 Å². The van der Waals surface area contributed by atoms with Crippen LogP contribution in [0.3, 0.4) is 0 Å². The predicted octanol–water partition coefficient (Wildman–Crippen LogP) is -1.05. The predicted molar refractivity (Wildman–Crippen MR) is 77.8 cm³/mol. The molecular formula is C13H25N5O3. The van der Waals surface area contributed by atoms with E-state index in [2.05, 4.69) is 17.4 Å². The van der Waals surface area contributed by atoms with Crippen LogP contribution < -0.4 is 5.43 Å². The van der Waals surface area contributed by atoms with Gasteiger partial charge in [0.2, 0.25) is 0 Å². The number of hydrogen-bond acceptors (Lipinski definition) is 5. The zero-order valence-corrected chi connectivity index (χ0v) is 12.8. The molecule has 2 aliphatic rings. The molecule has 2 fully saturated rings. The van der Waals surface area contributed by atoms with Crippen molar-refractivity contribution in [1.82, 2.24) is 25.1 Å². The number of aliphatic carboxylic acids is 1. The lowest BCUT2D eigenvalue weighted by molar-refractivity contribution is -0.143. The van der Waals surface area contributed by atoms with E-state index in [0.29, 0.717) is 26.2 Å². The molecule has 0 radical (unpaired) electrons. The summed E-state index contributed by atoms with van der Waals surface area (Å²) in [5.74, 6) is -0.815. The minimum absolute atomic E-state index is 0.0813. The molecule has 2 heterocycles. The van der Waals surface area contributed by atoms with Crippen LogP contribution in [0.15, 0.2) is 0 Å². The first kappa shape index (κ1) is 16.0. The standard InChI is InChI=1S/C13H25N5O3/c1-11(12(19)20)16-5-7-17(8-6-16)13(21)14-18-9-3-15(2)4-10-18/h11H,3-10H2,1-2H3,(H,14,21)(H,19,20). The van der Waals surface area contributed by atoms with E-state index in [4.69, 9.17) is 5.11 Å². The van der Waals surface area contributed by atoms with Gasteiger partial charge in [-0.3, -0.25) is 15.1 Å². The second-order valence-electron chi connectivity index (χ2n) is 5.74. The number of carboxylic acid groups (broad SMARTS) is 1. The highest BCUT2D eigenvalue weighted by molar-refractivity contribution is 5.74. The van der Waals surface area contributed by atoms with E-state index in [0.717, 1.165) is 26.2 Å². The second kappa shape index (κ2) is 7.06. The smallest absolute Gasteiger partial charge is 0.332 e. The fourth-order valence-corrected chi connectivity index (χ4v) is 2.59. The van der Waals surface area contributed by atoms with Crippen molar-refractivity contribution in [3.8, 4) is 0 Å². The van der Waals surface area contributed by atoms with Crippen molar-refractivity contribution in [3.05, 3.63) is 0 Å². The Kier molecular flexibility index (Phi) is 5.38. The van der Waals surface area contributed by atoms with Gasteiger partial charge in [0.25, 0.3) is 0 Å². The fraction of sp³-hybridized carbons (Fsp3) is 0.846. The van der Waals surface area contributed by atoms with Gasteiger partial charge in [-0.15, -0.1) is 0 Å². The van der Waals surface area contributed by atoms with Gasteiger partial charge < -0.3 is 14.9 Å². The summed E-state index contributed by atoms with van der Waals surface area (Å²) < 4.78 is 0. The molecule has 8 nitrogen and oxygen atoms in total. The summed E-state index contributed by atoms with van der Waals surface area (Å²) in [6.07, 6.45) is 0. The second-order valence-corrected chi connectivity index (χ2v) is 5.74. The van der Waals surface area contributed by atoms with Crippen LogP contribution in [0, 0.1) is 0 Å². The highest BCUT2D eigenvalue weighted by atomic mass is 16.4. The fourth-order valence-electron chi connectivity index (χ4n) is 2.59. The highest BCUT2D eigenvalue weighted by Gasteiger charge is 2.28. The molecule has 2 N–H and O–H groups in total. The summed E-state index contributed by atoms with van der Waals surface area (Å²) in [6.45, 7) is 7.58. The van der Waals surface area contributed by atoms with E-state index in [1.165, 1.54) is 0 Å². The van der Waals surface area contributed by atoms with E-state index in [1.807, 2.05) is 9.91 Å². The van der Waals surface area contributed by atoms with E-state index in [1.54, 1.807) is 11.8 Å². The summed E-state index contributed by atoms with van der Waals surface area (Å²) in [5, 5.41) is 11.0. The lowest BCUT2D eigenvalue weighted by Gasteiger charge is -2.38. The number of urea groups is 1. The molecule has 21 heavy (non-hydrogen) atoms. The maximum Gasteiger partial charge on any atom is 0.332 e. The Bertz CT molecular complexity index is 376. The number of likely N-dealkylation sites (N-methyl/N-ethyl adjacent to an activating group) is 1. The van der Waals surface area contributed by atoms with Gasteiger partial charge in [0.05, 0.1) is 0 Å². The molecule has 2 aliphatic heterocycles. The van der Waals surface area contributed by atoms with Gasteiger partial charge in [-0.05, 0) is 14.0 Å². The molecule has 2 amide bonds. The molecule has 1 atom stereocenters. The maximum absolute atomic E-state index is 12.2. The number of hydrogen-bond donors (Lipinski definition) is 2. The zero-order chi connectivity index (χ0) is 15.4. The highest BCUT2D eigenvalue weighted by Crippen LogP contribution is 2.07. The van der Waals surface area contributed by atoms with Crippen LogP contribution in [-0.2, 0) is 4.79 Å². The van der Waals surface area contributed by atoms with Crippen LogP contribution in [0.1, 0.15) is 6.92 Å². The van der Waals surface area contributed by atoms with Crippen LogP contribution in [0.25, 0.3) is 0 Å². The van der Waals surface area contributed by atoms with Gasteiger partial charge in [-0.25, -0.2) is 9.80 Å². The Morgan fingerprint density at radius 3 is 2.10 bits per heavy atom. The summed E-state index contributed by atoms with van der Waals surface area (Å²) in [4.78, 5) is 29.0. The van der Waals surface area contributed by atoms with E-state index in [-0.39, 0.29) is 6.03 Å². The SMILES string of the molecule is CC(C(=O)O)N1CCN(C(=O)NN2CCN(C)CC2)CC1. The number of carbonyl (C=O) groups is 2. The molecule has 0 spiro atoms. The normalized spacial score (nSPS) is 23.8. The van der Waals surface area contributed by atoms with Crippen molar-refractivity contribution in [2.75, 3.05) is 59.4 Å². The van der Waals surface area contributed by atoms with Gasteiger partial charge in [-0.2, -0.15) is 0 Å². The number of nitrogens with zero attached hydrogens (tertiary/aromatic N) is 4. The summed E-state index contributed by atoms with van der Waals surface area (Å²) in [7, 11) is 2.07. The first-order valence-electron chi connectivity index (χ1n) is 7.43. The van der Waals surface area contributed by atoms with Crippen LogP contribution in [0.2, 0.25) is 0 Å². The van der Waals surface area contributed by atoms with Crippen molar-refractivity contribution < 1.29 is 14.7 Å². The first-order valence-corrected chi connectivity index (χ1v) is 7.43. The minimum atomic E-state index is -0.815. The Morgan fingerprint density at radius 1 is 1.00 bits per heavy atom. The molecule has 0 aromatic carbocycles. The molecule has 0 aromatic rings. The largest absolute Gasteiger partial charge is 0.480 e. The number of rotatable bonds is 3. The number of carboxylic acids is 1. The van der Waals surface area contributed by atoms with E-state index in [9.17, 15) is 9.59 Å². The third-order valence-electron chi connectivity index (χ3n) is 4.26. The monoisotopic (exact) mass is 299 g/mol. The van der Waals surface area contributed by atoms with Crippen molar-refractivity contribution in [2.24, 2.45) is 0 Å². The molecule has 1 unspecified atom stereocenters. The van der Waals surface area contributed by atoms with Gasteiger partial charge in [0.1, 0.15) is 6.04 Å². The summed E-state index contributed by atoms with van der Waals surface area (Å²) >= 11 is 0. The number of piperazine rings is 2. The van der Waals surface area contributed by atoms with Crippen LogP contribution >= 0.6 is 0 Å². The molecule has 2 rings (SSSR count). The van der Waals surface area contributed by atoms with Gasteiger partial charge in [0, 0.05) is 52.4 Å². The average Bonchev–Trinajstić information content (AvgIpc) is 2.49. The van der Waals surface area contributed by atoms with Gasteiger partial charge in [-0.1, -0.05) is 0 Å². The first-order chi connectivity index (χ1) is 9.97. The van der Waals surface area contributed by atoms with Crippen LogP contribution in [-0.4, -0.2) is 102 Å². The molecule has 120 valence electrons. The molecule has 0 aromatic heterocycles. The lowest BCUT2D eigenvalue weighted by atomic mass is 10.2. The van der Waals surface area contributed by atoms with Crippen molar-refractivity contribution >= 4 is 12.0 Å². The van der Waals surface area contributed by atoms with Gasteiger partial charge in [0.15, 0.2) is 0 Å². The topological polar surface area (TPSA) is 79.4 Å². The molecule has 0 bridgehead atoms. The van der Waals surface area contributed by atoms with Crippen molar-refractivity contribution in [3.63, 3.8) is 0 Å². The summed E-state index contributed by atoms with van der Waals surface area (Å²) in [6, 6.07) is -0.574. The minimum Gasteiger partial charge on any atom is -0.480 e. The van der Waals surface area contributed by atoms with E-state index < -0.39 is 12.0 Å². The number of nitrogens with one attached hydrogen (secondary N) is 1. The molecule has 0 aliphatic carbocycles.